The van der Waals surface area contributed by atoms with Gasteiger partial charge >= 0.3 is 12.0 Å². The maximum absolute atomic E-state index is 12.0. The summed E-state index contributed by atoms with van der Waals surface area (Å²) in [6.45, 7) is 6.17. The van der Waals surface area contributed by atoms with Crippen molar-refractivity contribution in [1.29, 1.82) is 0 Å². The molecule has 2 N–H and O–H groups in total. The molecule has 7 heteroatoms. The Kier molecular flexibility index (Phi) is 6.02. The number of rotatable bonds is 7. The average Bonchev–Trinajstić information content (AvgIpc) is 2.77. The summed E-state index contributed by atoms with van der Waals surface area (Å²) in [5.74, 6) is 0.283. The normalized spacial score (nSPS) is 10.6. The van der Waals surface area contributed by atoms with Crippen molar-refractivity contribution >= 4 is 12.0 Å². The standard InChI is InChI=1S/C13H21N3O4/c1-9(2)16(6-4-5-12(17)18)13(19)15-8-11-14-7-10(3)20-11/h7,9H,4-6,8H2,1-3H3,(H,15,19)(H,17,18). The van der Waals surface area contributed by atoms with E-state index >= 15 is 0 Å². The van der Waals surface area contributed by atoms with Crippen LogP contribution in [0.25, 0.3) is 0 Å². The van der Waals surface area contributed by atoms with Crippen molar-refractivity contribution in [2.45, 2.75) is 46.2 Å². The Bertz CT molecular complexity index is 456. The van der Waals surface area contributed by atoms with Gasteiger partial charge in [-0.3, -0.25) is 4.79 Å². The van der Waals surface area contributed by atoms with Crippen LogP contribution < -0.4 is 5.32 Å². The summed E-state index contributed by atoms with van der Waals surface area (Å²) in [5, 5.41) is 11.3. The number of carbonyl (C=O) groups excluding carboxylic acids is 1. The molecule has 0 saturated carbocycles. The third-order valence-corrected chi connectivity index (χ3v) is 2.73. The third-order valence-electron chi connectivity index (χ3n) is 2.73. The molecule has 0 saturated heterocycles. The number of aliphatic carboxylic acids is 1. The number of carbonyl (C=O) groups is 2. The van der Waals surface area contributed by atoms with Crippen LogP contribution in [0.2, 0.25) is 0 Å². The van der Waals surface area contributed by atoms with Gasteiger partial charge < -0.3 is 19.7 Å². The molecule has 0 aromatic carbocycles. The molecular formula is C13H21N3O4. The number of aryl methyl sites for hydroxylation is 1. The van der Waals surface area contributed by atoms with Gasteiger partial charge in [-0.15, -0.1) is 0 Å². The summed E-state index contributed by atoms with van der Waals surface area (Å²) in [7, 11) is 0. The van der Waals surface area contributed by atoms with E-state index in [-0.39, 0.29) is 25.0 Å². The van der Waals surface area contributed by atoms with Crippen LogP contribution in [-0.2, 0) is 11.3 Å². The van der Waals surface area contributed by atoms with Crippen LogP contribution in [0, 0.1) is 6.92 Å². The second kappa shape index (κ2) is 7.52. The van der Waals surface area contributed by atoms with E-state index in [4.69, 9.17) is 9.52 Å². The molecule has 20 heavy (non-hydrogen) atoms. The summed E-state index contributed by atoms with van der Waals surface area (Å²) < 4.78 is 5.26. The second-order valence-corrected chi connectivity index (χ2v) is 4.81. The molecular weight excluding hydrogens is 262 g/mol. The van der Waals surface area contributed by atoms with Crippen molar-refractivity contribution < 1.29 is 19.1 Å². The number of aromatic nitrogens is 1. The fourth-order valence-corrected chi connectivity index (χ4v) is 1.73. The Balaban J connectivity index is 2.45. The number of hydrogen-bond donors (Lipinski definition) is 2. The number of nitrogens with one attached hydrogen (secondary N) is 1. The number of urea groups is 1. The number of carboxylic acids is 1. The van der Waals surface area contributed by atoms with E-state index in [0.29, 0.717) is 24.6 Å². The zero-order chi connectivity index (χ0) is 15.1. The van der Waals surface area contributed by atoms with E-state index in [0.717, 1.165) is 0 Å². The number of oxazole rings is 1. The molecule has 1 aromatic heterocycles. The Labute approximate surface area is 118 Å². The van der Waals surface area contributed by atoms with Crippen LogP contribution in [0.5, 0.6) is 0 Å². The zero-order valence-electron chi connectivity index (χ0n) is 12.0. The highest BCUT2D eigenvalue weighted by molar-refractivity contribution is 5.74. The van der Waals surface area contributed by atoms with E-state index in [1.807, 2.05) is 13.8 Å². The van der Waals surface area contributed by atoms with Crippen LogP contribution in [0.15, 0.2) is 10.6 Å². The molecule has 0 aliphatic rings. The fourth-order valence-electron chi connectivity index (χ4n) is 1.73. The van der Waals surface area contributed by atoms with Gasteiger partial charge in [0.2, 0.25) is 5.89 Å². The smallest absolute Gasteiger partial charge is 0.318 e. The molecule has 112 valence electrons. The van der Waals surface area contributed by atoms with Gasteiger partial charge in [0.15, 0.2) is 0 Å². The van der Waals surface area contributed by atoms with Crippen LogP contribution in [0.3, 0.4) is 0 Å². The van der Waals surface area contributed by atoms with Gasteiger partial charge in [-0.05, 0) is 27.2 Å². The van der Waals surface area contributed by atoms with Crippen molar-refractivity contribution in [3.63, 3.8) is 0 Å². The number of amides is 2. The van der Waals surface area contributed by atoms with Crippen molar-refractivity contribution in [2.24, 2.45) is 0 Å². The molecule has 0 aliphatic heterocycles. The van der Waals surface area contributed by atoms with Gasteiger partial charge in [-0.25, -0.2) is 9.78 Å². The first kappa shape index (κ1) is 16.0. The highest BCUT2D eigenvalue weighted by atomic mass is 16.4. The minimum absolute atomic E-state index is 0.00455. The summed E-state index contributed by atoms with van der Waals surface area (Å²) in [6, 6.07) is -0.253. The van der Waals surface area contributed by atoms with Crippen LogP contribution in [0.1, 0.15) is 38.3 Å². The molecule has 1 aromatic rings. The first-order valence-corrected chi connectivity index (χ1v) is 6.57. The van der Waals surface area contributed by atoms with Crippen molar-refractivity contribution in [1.82, 2.24) is 15.2 Å². The predicted octanol–water partition coefficient (Wildman–Crippen LogP) is 1.77. The van der Waals surface area contributed by atoms with E-state index in [2.05, 4.69) is 10.3 Å². The SMILES string of the molecule is Cc1cnc(CNC(=O)N(CCCC(=O)O)C(C)C)o1. The van der Waals surface area contributed by atoms with Crippen LogP contribution in [0.4, 0.5) is 4.79 Å². The quantitative estimate of drug-likeness (QED) is 0.795. The van der Waals surface area contributed by atoms with Crippen molar-refractivity contribution in [2.75, 3.05) is 6.54 Å². The third kappa shape index (κ3) is 5.29. The van der Waals surface area contributed by atoms with Gasteiger partial charge in [-0.2, -0.15) is 0 Å². The lowest BCUT2D eigenvalue weighted by molar-refractivity contribution is -0.137. The van der Waals surface area contributed by atoms with Gasteiger partial charge in [0, 0.05) is 19.0 Å². The highest BCUT2D eigenvalue weighted by Gasteiger charge is 2.17. The van der Waals surface area contributed by atoms with Crippen LogP contribution in [-0.4, -0.2) is 39.6 Å². The molecule has 0 atom stereocenters. The minimum atomic E-state index is -0.857. The lowest BCUT2D eigenvalue weighted by Crippen LogP contribution is -2.44. The molecule has 1 rings (SSSR count). The Hall–Kier alpha value is -2.05. The monoisotopic (exact) mass is 283 g/mol. The molecule has 0 fully saturated rings. The van der Waals surface area contributed by atoms with Gasteiger partial charge in [0.25, 0.3) is 0 Å². The molecule has 0 aliphatic carbocycles. The molecule has 0 unspecified atom stereocenters. The lowest BCUT2D eigenvalue weighted by atomic mass is 10.2. The van der Waals surface area contributed by atoms with Crippen LogP contribution >= 0.6 is 0 Å². The van der Waals surface area contributed by atoms with E-state index in [9.17, 15) is 9.59 Å². The van der Waals surface area contributed by atoms with Gasteiger partial charge in [-0.1, -0.05) is 0 Å². The van der Waals surface area contributed by atoms with E-state index in [1.54, 1.807) is 18.0 Å². The Morgan fingerprint density at radius 2 is 2.20 bits per heavy atom. The molecule has 0 radical (unpaired) electrons. The molecule has 0 bridgehead atoms. The zero-order valence-corrected chi connectivity index (χ0v) is 12.0. The van der Waals surface area contributed by atoms with Gasteiger partial charge in [0.1, 0.15) is 5.76 Å². The molecule has 7 nitrogen and oxygen atoms in total. The summed E-state index contributed by atoms with van der Waals surface area (Å²) in [4.78, 5) is 28.1. The largest absolute Gasteiger partial charge is 0.481 e. The molecule has 1 heterocycles. The number of nitrogens with zero attached hydrogens (tertiary/aromatic N) is 2. The number of hydrogen-bond acceptors (Lipinski definition) is 4. The maximum Gasteiger partial charge on any atom is 0.318 e. The minimum Gasteiger partial charge on any atom is -0.481 e. The summed E-state index contributed by atoms with van der Waals surface area (Å²) in [5.41, 5.74) is 0. The maximum atomic E-state index is 12.0. The first-order chi connectivity index (χ1) is 9.40. The average molecular weight is 283 g/mol. The fraction of sp³-hybridized carbons (Fsp3) is 0.615. The second-order valence-electron chi connectivity index (χ2n) is 4.81. The number of carboxylic acid groups (broad SMARTS) is 1. The van der Waals surface area contributed by atoms with Gasteiger partial charge in [0.05, 0.1) is 12.7 Å². The molecule has 2 amide bonds. The summed E-state index contributed by atoms with van der Waals surface area (Å²) >= 11 is 0. The Morgan fingerprint density at radius 3 is 2.70 bits per heavy atom. The predicted molar refractivity (Wildman–Crippen MR) is 72.2 cm³/mol. The van der Waals surface area contributed by atoms with Crippen molar-refractivity contribution in [3.05, 3.63) is 17.8 Å². The van der Waals surface area contributed by atoms with Crippen molar-refractivity contribution in [3.8, 4) is 0 Å². The Morgan fingerprint density at radius 1 is 1.50 bits per heavy atom. The highest BCUT2D eigenvalue weighted by Crippen LogP contribution is 2.05. The summed E-state index contributed by atoms with van der Waals surface area (Å²) in [6.07, 6.45) is 2.07. The van der Waals surface area contributed by atoms with E-state index in [1.165, 1.54) is 0 Å². The molecule has 0 spiro atoms. The first-order valence-electron chi connectivity index (χ1n) is 6.57. The lowest BCUT2D eigenvalue weighted by Gasteiger charge is -2.26. The topological polar surface area (TPSA) is 95.7 Å². The van der Waals surface area contributed by atoms with E-state index < -0.39 is 5.97 Å².